The summed E-state index contributed by atoms with van der Waals surface area (Å²) in [7, 11) is 0. The predicted octanol–water partition coefficient (Wildman–Crippen LogP) is 6.12. The number of anilines is 2. The first kappa shape index (κ1) is 28.7. The normalized spacial score (nSPS) is 21.1. The van der Waals surface area contributed by atoms with Crippen molar-refractivity contribution in [1.82, 2.24) is 20.2 Å². The van der Waals surface area contributed by atoms with E-state index < -0.39 is 11.3 Å². The maximum Gasteiger partial charge on any atom is 0.273 e. The van der Waals surface area contributed by atoms with Gasteiger partial charge in [-0.1, -0.05) is 38.3 Å². The van der Waals surface area contributed by atoms with Crippen molar-refractivity contribution in [3.8, 4) is 6.07 Å². The van der Waals surface area contributed by atoms with E-state index in [-0.39, 0.29) is 12.0 Å². The molecular weight excluding hydrogens is 520 g/mol. The third-order valence-corrected chi connectivity index (χ3v) is 8.29. The van der Waals surface area contributed by atoms with Crippen LogP contribution >= 0.6 is 0 Å². The molecule has 0 amide bonds. The highest BCUT2D eigenvalue weighted by atomic mass is 19.3. The molecule has 1 aromatic carbocycles. The van der Waals surface area contributed by atoms with Gasteiger partial charge >= 0.3 is 0 Å². The number of nitriles is 1. The number of nitrogens with one attached hydrogen (secondary N) is 2. The summed E-state index contributed by atoms with van der Waals surface area (Å²) in [5.74, 6) is -1.05. The number of nitrogens with zero attached hydrogens (tertiary/aromatic N) is 5. The molecule has 0 unspecified atom stereocenters. The van der Waals surface area contributed by atoms with Crippen LogP contribution < -0.4 is 15.5 Å². The summed E-state index contributed by atoms with van der Waals surface area (Å²) in [6.45, 7) is 16.3. The quantitative estimate of drug-likeness (QED) is 0.459. The van der Waals surface area contributed by atoms with Crippen LogP contribution in [0.5, 0.6) is 0 Å². The van der Waals surface area contributed by atoms with Gasteiger partial charge in [-0.3, -0.25) is 0 Å². The van der Waals surface area contributed by atoms with Crippen LogP contribution in [0.25, 0.3) is 6.08 Å². The van der Waals surface area contributed by atoms with E-state index in [0.717, 1.165) is 60.4 Å². The number of allylic oxidation sites excluding steroid dienone is 1. The molecule has 0 spiro atoms. The number of hydrogen-bond acceptors (Lipinski definition) is 7. The van der Waals surface area contributed by atoms with Crippen LogP contribution in [0.3, 0.4) is 0 Å². The third-order valence-electron chi connectivity index (χ3n) is 8.29. The Morgan fingerprint density at radius 3 is 2.61 bits per heavy atom. The standard InChI is InChI=1S/C32H39F2N7/c1-5-40-15-7-11-32(33,34)26-10-6-9-25(17-26)19-37-29-27-18-28(31(21-35)12-13-31)23(3)41(30(27)39-24(4)38-29)20-22(2)36-14-8-16-40/h6,9-10,17-18,36H,2-3,5,7-8,11-16,19-20H2,1,4H3,(H,37,38,39). The average molecular weight is 560 g/mol. The van der Waals surface area contributed by atoms with Gasteiger partial charge < -0.3 is 20.4 Å². The van der Waals surface area contributed by atoms with Crippen LogP contribution in [-0.2, 0) is 12.5 Å². The zero-order chi connectivity index (χ0) is 29.2. The van der Waals surface area contributed by atoms with E-state index in [0.29, 0.717) is 50.1 Å². The molecule has 1 aliphatic carbocycles. The fourth-order valence-corrected chi connectivity index (χ4v) is 5.70. The molecule has 0 radical (unpaired) electrons. The molecule has 0 atom stereocenters. The minimum atomic E-state index is -2.91. The van der Waals surface area contributed by atoms with E-state index in [9.17, 15) is 5.26 Å². The van der Waals surface area contributed by atoms with E-state index in [4.69, 9.17) is 9.97 Å². The minimum absolute atomic E-state index is 0.0345. The second-order valence-electron chi connectivity index (χ2n) is 11.3. The van der Waals surface area contributed by atoms with E-state index in [1.807, 2.05) is 24.0 Å². The number of aryl methyl sites for hydroxylation is 1. The maximum atomic E-state index is 15.2. The molecule has 216 valence electrons. The molecule has 7 nitrogen and oxygen atoms in total. The first-order valence-electron chi connectivity index (χ1n) is 14.5. The molecule has 2 aliphatic heterocycles. The predicted molar refractivity (Wildman–Crippen MR) is 159 cm³/mol. The fraction of sp³-hybridized carbons (Fsp3) is 0.469. The Bertz CT molecular complexity index is 1400. The lowest BCUT2D eigenvalue weighted by Crippen LogP contribution is -2.35. The van der Waals surface area contributed by atoms with Gasteiger partial charge in [0.25, 0.3) is 5.92 Å². The Balaban J connectivity index is 1.53. The van der Waals surface area contributed by atoms with Gasteiger partial charge in [-0.2, -0.15) is 5.26 Å². The van der Waals surface area contributed by atoms with Crippen molar-refractivity contribution in [2.45, 2.75) is 58.4 Å². The average Bonchev–Trinajstić information content (AvgIpc) is 3.75. The van der Waals surface area contributed by atoms with Gasteiger partial charge in [0.2, 0.25) is 0 Å². The lowest BCUT2D eigenvalue weighted by atomic mass is 9.89. The Morgan fingerprint density at radius 1 is 1.10 bits per heavy atom. The van der Waals surface area contributed by atoms with E-state index in [1.54, 1.807) is 12.1 Å². The van der Waals surface area contributed by atoms with Gasteiger partial charge in [0.1, 0.15) is 17.5 Å². The molecule has 6 bridgehead atoms. The molecule has 3 aliphatic rings. The summed E-state index contributed by atoms with van der Waals surface area (Å²) >= 11 is 0. The second-order valence-corrected chi connectivity index (χ2v) is 11.3. The van der Waals surface area contributed by atoms with Crippen molar-refractivity contribution in [1.29, 1.82) is 5.26 Å². The number of rotatable bonds is 2. The number of aromatic nitrogens is 2. The van der Waals surface area contributed by atoms with E-state index >= 15 is 8.78 Å². The zero-order valence-corrected chi connectivity index (χ0v) is 24.1. The first-order chi connectivity index (χ1) is 19.7. The maximum absolute atomic E-state index is 15.2. The van der Waals surface area contributed by atoms with Crippen molar-refractivity contribution < 1.29 is 8.78 Å². The molecule has 5 rings (SSSR count). The van der Waals surface area contributed by atoms with Crippen LogP contribution in [0.15, 0.2) is 54.4 Å². The largest absolute Gasteiger partial charge is 0.387 e. The van der Waals surface area contributed by atoms with Crippen molar-refractivity contribution in [3.63, 3.8) is 0 Å². The molecule has 1 aromatic heterocycles. The second kappa shape index (κ2) is 11.6. The van der Waals surface area contributed by atoms with Gasteiger partial charge in [0.15, 0.2) is 0 Å². The smallest absolute Gasteiger partial charge is 0.273 e. The van der Waals surface area contributed by atoms with Gasteiger partial charge in [-0.25, -0.2) is 18.7 Å². The molecule has 0 saturated heterocycles. The summed E-state index contributed by atoms with van der Waals surface area (Å²) in [6.07, 6.45) is 4.63. The van der Waals surface area contributed by atoms with Gasteiger partial charge in [0, 0.05) is 36.5 Å². The van der Waals surface area contributed by atoms with E-state index in [1.165, 1.54) is 6.07 Å². The highest BCUT2D eigenvalue weighted by Gasteiger charge is 2.50. The number of benzene rings is 1. The molecule has 9 heteroatoms. The summed E-state index contributed by atoms with van der Waals surface area (Å²) in [4.78, 5) is 13.7. The number of alkyl halides is 2. The molecule has 2 aromatic rings. The van der Waals surface area contributed by atoms with Crippen molar-refractivity contribution in [2.24, 2.45) is 5.41 Å². The van der Waals surface area contributed by atoms with Crippen molar-refractivity contribution >= 4 is 17.7 Å². The van der Waals surface area contributed by atoms with Crippen molar-refractivity contribution in [2.75, 3.05) is 42.9 Å². The fourth-order valence-electron chi connectivity index (χ4n) is 5.70. The Labute approximate surface area is 241 Å². The molecule has 3 heterocycles. The molecule has 2 N–H and O–H groups in total. The minimum Gasteiger partial charge on any atom is -0.387 e. The van der Waals surface area contributed by atoms with Crippen LogP contribution in [0.4, 0.5) is 20.4 Å². The zero-order valence-electron chi connectivity index (χ0n) is 24.1. The summed E-state index contributed by atoms with van der Waals surface area (Å²) in [6, 6.07) is 9.14. The van der Waals surface area contributed by atoms with Gasteiger partial charge in [0.05, 0.1) is 23.6 Å². The lowest BCUT2D eigenvalue weighted by Gasteiger charge is -2.35. The summed E-state index contributed by atoms with van der Waals surface area (Å²) < 4.78 is 30.5. The molecule has 1 fully saturated rings. The summed E-state index contributed by atoms with van der Waals surface area (Å²) in [5, 5.41) is 16.9. The number of hydrogen-bond donors (Lipinski definition) is 2. The van der Waals surface area contributed by atoms with Crippen LogP contribution in [0.1, 0.15) is 61.5 Å². The number of fused-ring (bicyclic) bond motifs is 2. The Hall–Kier alpha value is -3.77. The SMILES string of the molecule is C=C1CN2C(=C)C(C3(C#N)CC3)=Cc3c(nc(C)nc32)NCc2cccc(c2)C(F)(F)CCCN(CC)CCCN1. The topological polar surface area (TPSA) is 80.1 Å². The number of halogens is 2. The molecule has 41 heavy (non-hydrogen) atoms. The first-order valence-corrected chi connectivity index (χ1v) is 14.5. The summed E-state index contributed by atoms with van der Waals surface area (Å²) in [5.41, 5.74) is 3.41. The lowest BCUT2D eigenvalue weighted by molar-refractivity contribution is -0.0173. The highest BCUT2D eigenvalue weighted by molar-refractivity contribution is 5.84. The Kier molecular flexibility index (Phi) is 8.14. The van der Waals surface area contributed by atoms with Crippen LogP contribution in [0, 0.1) is 23.7 Å². The molecule has 1 saturated carbocycles. The molecular formula is C32H39F2N7. The highest BCUT2D eigenvalue weighted by Crippen LogP contribution is 2.56. The van der Waals surface area contributed by atoms with Crippen molar-refractivity contribution in [3.05, 3.63) is 76.9 Å². The monoisotopic (exact) mass is 559 g/mol. The third kappa shape index (κ3) is 6.13. The van der Waals surface area contributed by atoms with E-state index in [2.05, 4.69) is 41.7 Å². The van der Waals surface area contributed by atoms with Gasteiger partial charge in [-0.15, -0.1) is 0 Å². The Morgan fingerprint density at radius 2 is 1.88 bits per heavy atom. The van der Waals surface area contributed by atoms with Gasteiger partial charge in [-0.05, 0) is 75.5 Å². The van der Waals surface area contributed by atoms with Crippen LogP contribution in [0.2, 0.25) is 0 Å². The van der Waals surface area contributed by atoms with Crippen LogP contribution in [-0.4, -0.2) is 47.6 Å².